The molecule has 0 fully saturated rings. The van der Waals surface area contributed by atoms with Crippen LogP contribution in [0.4, 0.5) is 5.69 Å². The number of hydrogen-bond donors (Lipinski definition) is 1. The lowest BCUT2D eigenvalue weighted by Crippen LogP contribution is -2.29. The molecule has 3 unspecified atom stereocenters. The molecular weight excluding hydrogens is 244 g/mol. The van der Waals surface area contributed by atoms with E-state index in [1.54, 1.807) is 0 Å². The van der Waals surface area contributed by atoms with Crippen molar-refractivity contribution >= 4 is 5.69 Å². The van der Waals surface area contributed by atoms with Crippen molar-refractivity contribution < 1.29 is 0 Å². The number of aromatic nitrogens is 1. The molecular formula is C18H18N2. The summed E-state index contributed by atoms with van der Waals surface area (Å²) in [5, 5.41) is 3.73. The monoisotopic (exact) mass is 262 g/mol. The number of pyridine rings is 1. The highest BCUT2D eigenvalue weighted by Gasteiger charge is 2.37. The Kier molecular flexibility index (Phi) is 2.62. The molecule has 3 atom stereocenters. The maximum atomic E-state index is 4.28. The molecule has 2 aliphatic rings. The van der Waals surface area contributed by atoms with Gasteiger partial charge >= 0.3 is 0 Å². The number of fused-ring (bicyclic) bond motifs is 3. The Balaban J connectivity index is 1.80. The number of nitrogens with zero attached hydrogens (tertiary/aromatic N) is 1. The molecule has 0 spiro atoms. The zero-order chi connectivity index (χ0) is 13.5. The molecule has 2 nitrogen and oxygen atoms in total. The van der Waals surface area contributed by atoms with Gasteiger partial charge in [0.1, 0.15) is 0 Å². The van der Waals surface area contributed by atoms with Crippen molar-refractivity contribution in [3.63, 3.8) is 0 Å². The van der Waals surface area contributed by atoms with Gasteiger partial charge in [0.2, 0.25) is 0 Å². The van der Waals surface area contributed by atoms with Crippen LogP contribution in [0.3, 0.4) is 0 Å². The molecule has 0 saturated carbocycles. The molecule has 2 heteroatoms. The van der Waals surface area contributed by atoms with E-state index in [9.17, 15) is 0 Å². The summed E-state index contributed by atoms with van der Waals surface area (Å²) in [4.78, 5) is 4.28. The zero-order valence-electron chi connectivity index (χ0n) is 11.6. The van der Waals surface area contributed by atoms with Gasteiger partial charge in [-0.15, -0.1) is 0 Å². The summed E-state index contributed by atoms with van der Waals surface area (Å²) in [5.74, 6) is 1.14. The van der Waals surface area contributed by atoms with Crippen LogP contribution >= 0.6 is 0 Å². The average Bonchev–Trinajstić information content (AvgIpc) is 2.97. The molecule has 1 N–H and O–H groups in total. The van der Waals surface area contributed by atoms with E-state index >= 15 is 0 Å². The van der Waals surface area contributed by atoms with Crippen LogP contribution in [0.5, 0.6) is 0 Å². The summed E-state index contributed by atoms with van der Waals surface area (Å²) >= 11 is 0. The average molecular weight is 262 g/mol. The topological polar surface area (TPSA) is 24.9 Å². The standard InChI is InChI=1S/C18H18N2/c1-12-7-8-17-16(10-12)14-5-2-6-15(14)18(20-17)13-4-3-9-19-11-13/h2-5,7-11,14-15,18,20H,6H2,1H3. The third-order valence-electron chi connectivity index (χ3n) is 4.56. The lowest BCUT2D eigenvalue weighted by molar-refractivity contribution is 0.425. The van der Waals surface area contributed by atoms with E-state index in [0.717, 1.165) is 6.42 Å². The van der Waals surface area contributed by atoms with Gasteiger partial charge in [0, 0.05) is 24.0 Å². The van der Waals surface area contributed by atoms with Gasteiger partial charge in [0.05, 0.1) is 6.04 Å². The van der Waals surface area contributed by atoms with Crippen molar-refractivity contribution in [2.24, 2.45) is 5.92 Å². The molecule has 2 aromatic rings. The van der Waals surface area contributed by atoms with Crippen molar-refractivity contribution in [1.29, 1.82) is 0 Å². The molecule has 4 rings (SSSR count). The molecule has 0 saturated heterocycles. The lowest BCUT2D eigenvalue weighted by Gasteiger charge is -2.37. The number of rotatable bonds is 1. The van der Waals surface area contributed by atoms with Crippen LogP contribution in [0.25, 0.3) is 0 Å². The number of anilines is 1. The predicted molar refractivity (Wildman–Crippen MR) is 81.8 cm³/mol. The molecule has 0 radical (unpaired) electrons. The van der Waals surface area contributed by atoms with Crippen LogP contribution in [-0.2, 0) is 0 Å². The molecule has 0 bridgehead atoms. The minimum absolute atomic E-state index is 0.360. The minimum Gasteiger partial charge on any atom is -0.378 e. The summed E-state index contributed by atoms with van der Waals surface area (Å²) in [6.45, 7) is 2.17. The van der Waals surface area contributed by atoms with Gasteiger partial charge in [0.25, 0.3) is 0 Å². The van der Waals surface area contributed by atoms with Gasteiger partial charge in [-0.3, -0.25) is 4.98 Å². The third kappa shape index (κ3) is 1.75. The van der Waals surface area contributed by atoms with Crippen LogP contribution in [0, 0.1) is 12.8 Å². The van der Waals surface area contributed by atoms with Gasteiger partial charge in [-0.25, -0.2) is 0 Å². The van der Waals surface area contributed by atoms with Crippen molar-refractivity contribution in [2.45, 2.75) is 25.3 Å². The fourth-order valence-electron chi connectivity index (χ4n) is 3.60. The normalized spacial score (nSPS) is 26.8. The summed E-state index contributed by atoms with van der Waals surface area (Å²) in [6, 6.07) is 11.3. The summed E-state index contributed by atoms with van der Waals surface area (Å²) < 4.78 is 0. The van der Waals surface area contributed by atoms with Gasteiger partial charge in [0.15, 0.2) is 0 Å². The molecule has 100 valence electrons. The molecule has 0 amide bonds. The van der Waals surface area contributed by atoms with E-state index in [-0.39, 0.29) is 0 Å². The smallest absolute Gasteiger partial charge is 0.0569 e. The third-order valence-corrected chi connectivity index (χ3v) is 4.56. The van der Waals surface area contributed by atoms with E-state index in [2.05, 4.69) is 53.6 Å². The molecule has 1 aromatic carbocycles. The van der Waals surface area contributed by atoms with Crippen LogP contribution in [0.15, 0.2) is 54.9 Å². The van der Waals surface area contributed by atoms with Gasteiger partial charge in [-0.05, 0) is 42.5 Å². The Bertz CT molecular complexity index is 660. The van der Waals surface area contributed by atoms with E-state index in [1.807, 2.05) is 18.5 Å². The van der Waals surface area contributed by atoms with E-state index < -0.39 is 0 Å². The fraction of sp³-hybridized carbons (Fsp3) is 0.278. The maximum absolute atomic E-state index is 4.28. The maximum Gasteiger partial charge on any atom is 0.0569 e. The quantitative estimate of drug-likeness (QED) is 0.778. The van der Waals surface area contributed by atoms with Crippen molar-refractivity contribution in [3.8, 4) is 0 Å². The summed E-state index contributed by atoms with van der Waals surface area (Å²) in [6.07, 6.45) is 9.69. The Morgan fingerprint density at radius 2 is 2.20 bits per heavy atom. The number of nitrogens with one attached hydrogen (secondary N) is 1. The van der Waals surface area contributed by atoms with Crippen molar-refractivity contribution in [2.75, 3.05) is 5.32 Å². The predicted octanol–water partition coefficient (Wildman–Crippen LogP) is 4.22. The first kappa shape index (κ1) is 11.7. The summed E-state index contributed by atoms with van der Waals surface area (Å²) in [7, 11) is 0. The van der Waals surface area contributed by atoms with Gasteiger partial charge in [-0.2, -0.15) is 0 Å². The molecule has 20 heavy (non-hydrogen) atoms. The fourth-order valence-corrected chi connectivity index (χ4v) is 3.60. The SMILES string of the molecule is Cc1ccc2c(c1)C1C=CCC1C(c1cccnc1)N2. The second kappa shape index (κ2) is 4.48. The highest BCUT2D eigenvalue weighted by atomic mass is 15.0. The van der Waals surface area contributed by atoms with E-state index in [0.29, 0.717) is 17.9 Å². The van der Waals surface area contributed by atoms with Crippen LogP contribution in [0.2, 0.25) is 0 Å². The second-order valence-electron chi connectivity index (χ2n) is 5.85. The van der Waals surface area contributed by atoms with E-state index in [4.69, 9.17) is 0 Å². The highest BCUT2D eigenvalue weighted by Crippen LogP contribution is 2.49. The highest BCUT2D eigenvalue weighted by molar-refractivity contribution is 5.60. The van der Waals surface area contributed by atoms with E-state index in [1.165, 1.54) is 22.4 Å². The van der Waals surface area contributed by atoms with Crippen molar-refractivity contribution in [3.05, 3.63) is 71.6 Å². The Morgan fingerprint density at radius 1 is 1.25 bits per heavy atom. The Labute approximate surface area is 119 Å². The number of hydrogen-bond acceptors (Lipinski definition) is 2. The zero-order valence-corrected chi connectivity index (χ0v) is 11.6. The second-order valence-corrected chi connectivity index (χ2v) is 5.85. The number of benzene rings is 1. The number of allylic oxidation sites excluding steroid dienone is 2. The summed E-state index contributed by atoms with van der Waals surface area (Å²) in [5.41, 5.74) is 5.35. The largest absolute Gasteiger partial charge is 0.378 e. The molecule has 1 aromatic heterocycles. The molecule has 1 aliphatic heterocycles. The van der Waals surface area contributed by atoms with Crippen LogP contribution < -0.4 is 5.32 Å². The van der Waals surface area contributed by atoms with Crippen molar-refractivity contribution in [1.82, 2.24) is 4.98 Å². The lowest BCUT2D eigenvalue weighted by atomic mass is 9.77. The first-order valence-electron chi connectivity index (χ1n) is 7.26. The molecule has 1 aliphatic carbocycles. The Morgan fingerprint density at radius 3 is 3.05 bits per heavy atom. The van der Waals surface area contributed by atoms with Gasteiger partial charge < -0.3 is 5.32 Å². The Hall–Kier alpha value is -2.09. The first-order valence-corrected chi connectivity index (χ1v) is 7.26. The van der Waals surface area contributed by atoms with Crippen LogP contribution in [-0.4, -0.2) is 4.98 Å². The van der Waals surface area contributed by atoms with Gasteiger partial charge in [-0.1, -0.05) is 35.9 Å². The van der Waals surface area contributed by atoms with Crippen LogP contribution in [0.1, 0.15) is 35.1 Å². The number of aryl methyl sites for hydroxylation is 1. The minimum atomic E-state index is 0.360. The first-order chi connectivity index (χ1) is 9.83. The molecule has 2 heterocycles.